The Kier molecular flexibility index (Phi) is 6.95. The van der Waals surface area contributed by atoms with Gasteiger partial charge in [0.15, 0.2) is 6.79 Å². The molecule has 144 valence electrons. The summed E-state index contributed by atoms with van der Waals surface area (Å²) in [7, 11) is 0. The van der Waals surface area contributed by atoms with Gasteiger partial charge in [-0.3, -0.25) is 0 Å². The van der Waals surface area contributed by atoms with Crippen molar-refractivity contribution in [3.63, 3.8) is 0 Å². The fraction of sp³-hybridized carbons (Fsp3) is 0.682. The first-order valence-electron chi connectivity index (χ1n) is 10.2. The SMILES string of the molecule is CC1CCC(OCOc2ccc(C(=O)OC3CCC(C)CC3)cc2)CC1. The van der Waals surface area contributed by atoms with Crippen molar-refractivity contribution in [2.45, 2.75) is 77.4 Å². The van der Waals surface area contributed by atoms with Crippen molar-refractivity contribution in [3.8, 4) is 5.75 Å². The van der Waals surface area contributed by atoms with Crippen LogP contribution in [0.5, 0.6) is 5.75 Å². The summed E-state index contributed by atoms with van der Waals surface area (Å²) in [5.41, 5.74) is 0.582. The third-order valence-corrected chi connectivity index (χ3v) is 5.82. The molecule has 2 aliphatic carbocycles. The molecule has 0 bridgehead atoms. The summed E-state index contributed by atoms with van der Waals surface area (Å²) in [6.45, 7) is 4.83. The van der Waals surface area contributed by atoms with Gasteiger partial charge in [0.25, 0.3) is 0 Å². The van der Waals surface area contributed by atoms with Crippen LogP contribution in [0.1, 0.15) is 75.6 Å². The first kappa shape index (κ1) is 19.2. The van der Waals surface area contributed by atoms with E-state index in [0.29, 0.717) is 11.7 Å². The highest BCUT2D eigenvalue weighted by atomic mass is 16.7. The second-order valence-corrected chi connectivity index (χ2v) is 8.12. The molecule has 0 radical (unpaired) electrons. The molecule has 0 saturated heterocycles. The maximum absolute atomic E-state index is 12.3. The maximum Gasteiger partial charge on any atom is 0.338 e. The van der Waals surface area contributed by atoms with Crippen LogP contribution in [0.3, 0.4) is 0 Å². The summed E-state index contributed by atoms with van der Waals surface area (Å²) in [6, 6.07) is 7.16. The lowest BCUT2D eigenvalue weighted by atomic mass is 9.89. The Morgan fingerprint density at radius 3 is 1.96 bits per heavy atom. The number of benzene rings is 1. The summed E-state index contributed by atoms with van der Waals surface area (Å²) in [5.74, 6) is 2.06. The Morgan fingerprint density at radius 1 is 0.846 bits per heavy atom. The molecule has 1 aromatic rings. The lowest BCUT2D eigenvalue weighted by Gasteiger charge is -2.26. The number of carbonyl (C=O) groups excluding carboxylic acids is 1. The van der Waals surface area contributed by atoms with E-state index in [-0.39, 0.29) is 18.9 Å². The van der Waals surface area contributed by atoms with Gasteiger partial charge in [0.1, 0.15) is 11.9 Å². The molecule has 2 fully saturated rings. The lowest BCUT2D eigenvalue weighted by Crippen LogP contribution is -2.23. The molecule has 4 heteroatoms. The average Bonchev–Trinajstić information content (AvgIpc) is 2.66. The smallest absolute Gasteiger partial charge is 0.338 e. The van der Waals surface area contributed by atoms with Crippen LogP contribution in [-0.2, 0) is 9.47 Å². The molecule has 3 rings (SSSR count). The summed E-state index contributed by atoms with van der Waals surface area (Å²) in [5, 5.41) is 0. The summed E-state index contributed by atoms with van der Waals surface area (Å²) in [6.07, 6.45) is 9.35. The van der Waals surface area contributed by atoms with E-state index in [0.717, 1.165) is 56.1 Å². The Balaban J connectivity index is 1.39. The van der Waals surface area contributed by atoms with Crippen molar-refractivity contribution in [2.75, 3.05) is 6.79 Å². The Hall–Kier alpha value is -1.55. The molecule has 0 spiro atoms. The molecule has 0 amide bonds. The van der Waals surface area contributed by atoms with Crippen LogP contribution in [0.15, 0.2) is 24.3 Å². The molecular formula is C22H32O4. The van der Waals surface area contributed by atoms with Crippen LogP contribution in [0.25, 0.3) is 0 Å². The molecule has 0 aliphatic heterocycles. The van der Waals surface area contributed by atoms with E-state index in [4.69, 9.17) is 14.2 Å². The first-order chi connectivity index (χ1) is 12.6. The predicted octanol–water partition coefficient (Wildman–Crippen LogP) is 5.35. The third-order valence-electron chi connectivity index (χ3n) is 5.82. The van der Waals surface area contributed by atoms with Crippen molar-refractivity contribution < 1.29 is 19.0 Å². The van der Waals surface area contributed by atoms with Gasteiger partial charge in [-0.25, -0.2) is 4.79 Å². The lowest BCUT2D eigenvalue weighted by molar-refractivity contribution is -0.0541. The van der Waals surface area contributed by atoms with E-state index in [1.807, 2.05) is 12.1 Å². The molecule has 0 aromatic heterocycles. The number of carbonyl (C=O) groups is 1. The topological polar surface area (TPSA) is 44.8 Å². The Morgan fingerprint density at radius 2 is 1.38 bits per heavy atom. The molecule has 2 saturated carbocycles. The number of hydrogen-bond acceptors (Lipinski definition) is 4. The van der Waals surface area contributed by atoms with Crippen LogP contribution in [-0.4, -0.2) is 25.0 Å². The summed E-state index contributed by atoms with van der Waals surface area (Å²) < 4.78 is 17.1. The minimum Gasteiger partial charge on any atom is -0.468 e. The highest BCUT2D eigenvalue weighted by molar-refractivity contribution is 5.89. The van der Waals surface area contributed by atoms with Crippen LogP contribution in [0.2, 0.25) is 0 Å². The van der Waals surface area contributed by atoms with Gasteiger partial charge in [0, 0.05) is 0 Å². The minimum absolute atomic E-state index is 0.0706. The highest BCUT2D eigenvalue weighted by Crippen LogP contribution is 2.27. The van der Waals surface area contributed by atoms with E-state index in [9.17, 15) is 4.79 Å². The Bertz CT molecular complexity index is 552. The van der Waals surface area contributed by atoms with Gasteiger partial charge in [-0.2, -0.15) is 0 Å². The largest absolute Gasteiger partial charge is 0.468 e. The van der Waals surface area contributed by atoms with E-state index in [1.165, 1.54) is 12.8 Å². The zero-order chi connectivity index (χ0) is 18.4. The van der Waals surface area contributed by atoms with Crippen molar-refractivity contribution in [1.29, 1.82) is 0 Å². The van der Waals surface area contributed by atoms with Crippen molar-refractivity contribution in [1.82, 2.24) is 0 Å². The molecular weight excluding hydrogens is 328 g/mol. The molecule has 2 aliphatic rings. The second kappa shape index (κ2) is 9.40. The normalized spacial score (nSPS) is 29.2. The molecule has 0 N–H and O–H groups in total. The summed E-state index contributed by atoms with van der Waals surface area (Å²) >= 11 is 0. The molecule has 0 unspecified atom stereocenters. The van der Waals surface area contributed by atoms with Gasteiger partial charge in [0.05, 0.1) is 11.7 Å². The van der Waals surface area contributed by atoms with Gasteiger partial charge >= 0.3 is 5.97 Å². The molecule has 4 nitrogen and oxygen atoms in total. The maximum atomic E-state index is 12.3. The average molecular weight is 360 g/mol. The number of esters is 1. The van der Waals surface area contributed by atoms with Crippen molar-refractivity contribution >= 4 is 5.97 Å². The fourth-order valence-corrected chi connectivity index (χ4v) is 3.85. The third kappa shape index (κ3) is 5.73. The van der Waals surface area contributed by atoms with E-state index in [1.54, 1.807) is 12.1 Å². The van der Waals surface area contributed by atoms with E-state index in [2.05, 4.69) is 13.8 Å². The van der Waals surface area contributed by atoms with E-state index >= 15 is 0 Å². The van der Waals surface area contributed by atoms with E-state index < -0.39 is 0 Å². The number of ether oxygens (including phenoxy) is 3. The van der Waals surface area contributed by atoms with Crippen LogP contribution in [0, 0.1) is 11.8 Å². The predicted molar refractivity (Wildman–Crippen MR) is 101 cm³/mol. The molecule has 0 atom stereocenters. The van der Waals surface area contributed by atoms with Gasteiger partial charge in [0.2, 0.25) is 0 Å². The zero-order valence-electron chi connectivity index (χ0n) is 16.1. The molecule has 0 heterocycles. The van der Waals surface area contributed by atoms with Crippen LogP contribution < -0.4 is 4.74 Å². The molecule has 1 aromatic carbocycles. The van der Waals surface area contributed by atoms with Gasteiger partial charge in [-0.1, -0.05) is 13.8 Å². The van der Waals surface area contributed by atoms with Crippen LogP contribution in [0.4, 0.5) is 0 Å². The van der Waals surface area contributed by atoms with Crippen molar-refractivity contribution in [3.05, 3.63) is 29.8 Å². The first-order valence-corrected chi connectivity index (χ1v) is 10.2. The van der Waals surface area contributed by atoms with Gasteiger partial charge < -0.3 is 14.2 Å². The number of rotatable bonds is 6. The van der Waals surface area contributed by atoms with Gasteiger partial charge in [-0.15, -0.1) is 0 Å². The monoisotopic (exact) mass is 360 g/mol. The highest BCUT2D eigenvalue weighted by Gasteiger charge is 2.22. The zero-order valence-corrected chi connectivity index (χ0v) is 16.1. The number of hydrogen-bond donors (Lipinski definition) is 0. The fourth-order valence-electron chi connectivity index (χ4n) is 3.85. The second-order valence-electron chi connectivity index (χ2n) is 8.12. The van der Waals surface area contributed by atoms with Crippen LogP contribution >= 0.6 is 0 Å². The Labute approximate surface area is 157 Å². The quantitative estimate of drug-likeness (QED) is 0.506. The van der Waals surface area contributed by atoms with Gasteiger partial charge in [-0.05, 0) is 87.5 Å². The molecule has 26 heavy (non-hydrogen) atoms. The summed E-state index contributed by atoms with van der Waals surface area (Å²) in [4.78, 5) is 12.3. The minimum atomic E-state index is -0.233. The van der Waals surface area contributed by atoms with Crippen molar-refractivity contribution in [2.24, 2.45) is 11.8 Å². The standard InChI is InChI=1S/C22H32O4/c1-16-3-9-19(10-4-16)24-15-25-20-13-7-18(8-14-20)22(23)26-21-11-5-17(2)6-12-21/h7-8,13-14,16-17,19,21H,3-6,9-12,15H2,1-2H3.